The maximum atomic E-state index is 11.7. The Kier molecular flexibility index (Phi) is 8.14. The van der Waals surface area contributed by atoms with Gasteiger partial charge in [-0.1, -0.05) is 19.3 Å². The maximum absolute atomic E-state index is 11.7. The van der Waals surface area contributed by atoms with Crippen molar-refractivity contribution < 1.29 is 4.79 Å². The van der Waals surface area contributed by atoms with Crippen LogP contribution in [0.15, 0.2) is 10.7 Å². The van der Waals surface area contributed by atoms with Crippen LogP contribution in [0.1, 0.15) is 51.4 Å². The smallest absolute Gasteiger partial charge is 0.224 e. The summed E-state index contributed by atoms with van der Waals surface area (Å²) in [6, 6.07) is 0. The van der Waals surface area contributed by atoms with Crippen molar-refractivity contribution in [3.05, 3.63) is 10.7 Å². The molecule has 0 radical (unpaired) electrons. The van der Waals surface area contributed by atoms with Crippen molar-refractivity contribution in [3.63, 3.8) is 0 Å². The van der Waals surface area contributed by atoms with E-state index in [2.05, 4.69) is 41.8 Å². The van der Waals surface area contributed by atoms with Gasteiger partial charge in [0.15, 0.2) is 0 Å². The van der Waals surface area contributed by atoms with Gasteiger partial charge in [-0.05, 0) is 41.6 Å². The normalized spacial score (nSPS) is 18.7. The van der Waals surface area contributed by atoms with Crippen LogP contribution in [0.2, 0.25) is 0 Å². The Morgan fingerprint density at radius 2 is 1.52 bits per heavy atom. The summed E-state index contributed by atoms with van der Waals surface area (Å²) < 4.78 is 0.872. The van der Waals surface area contributed by atoms with Crippen LogP contribution < -0.4 is 16.0 Å². The van der Waals surface area contributed by atoms with Gasteiger partial charge < -0.3 is 16.0 Å². The van der Waals surface area contributed by atoms with E-state index in [0.29, 0.717) is 12.4 Å². The van der Waals surface area contributed by atoms with E-state index in [-0.39, 0.29) is 5.91 Å². The largest absolute Gasteiger partial charge is 0.369 e. The van der Waals surface area contributed by atoms with Crippen LogP contribution in [0.5, 0.6) is 0 Å². The fourth-order valence-electron chi connectivity index (χ4n) is 2.49. The Bertz CT molecular complexity index is 497. The van der Waals surface area contributed by atoms with Crippen LogP contribution in [0, 0.1) is 0 Å². The van der Waals surface area contributed by atoms with Crippen LogP contribution in [0.25, 0.3) is 0 Å². The number of aromatic nitrogens is 2. The molecule has 2 rings (SSSR count). The highest BCUT2D eigenvalue weighted by molar-refractivity contribution is 9.10. The van der Waals surface area contributed by atoms with Crippen molar-refractivity contribution in [1.82, 2.24) is 15.3 Å². The van der Waals surface area contributed by atoms with Gasteiger partial charge in [0, 0.05) is 32.3 Å². The second kappa shape index (κ2) is 10.4. The molecular weight excluding hydrogens is 358 g/mol. The van der Waals surface area contributed by atoms with Crippen LogP contribution >= 0.6 is 15.9 Å². The number of hydrogen-bond donors (Lipinski definition) is 3. The second-order valence-electron chi connectivity index (χ2n) is 5.82. The quantitative estimate of drug-likeness (QED) is 0.640. The average molecular weight is 384 g/mol. The van der Waals surface area contributed by atoms with Crippen LogP contribution in [0.4, 0.5) is 11.8 Å². The number of nitrogens with one attached hydrogen (secondary N) is 3. The Labute approximate surface area is 146 Å². The third-order valence-electron chi connectivity index (χ3n) is 3.83. The Balaban J connectivity index is 1.88. The first-order valence-corrected chi connectivity index (χ1v) is 9.32. The molecule has 2 bridgehead atoms. The average Bonchev–Trinajstić information content (AvgIpc) is 2.54. The predicted octanol–water partition coefficient (Wildman–Crippen LogP) is 3.31. The van der Waals surface area contributed by atoms with E-state index >= 15 is 0 Å². The number of nitrogens with zero attached hydrogens (tertiary/aromatic N) is 2. The first kappa shape index (κ1) is 18.0. The summed E-state index contributed by atoms with van der Waals surface area (Å²) >= 11 is 3.47. The van der Waals surface area contributed by atoms with Crippen LogP contribution in [-0.4, -0.2) is 35.5 Å². The van der Waals surface area contributed by atoms with Crippen molar-refractivity contribution >= 4 is 33.6 Å². The van der Waals surface area contributed by atoms with Gasteiger partial charge in [0.1, 0.15) is 5.82 Å². The van der Waals surface area contributed by atoms with Crippen molar-refractivity contribution in [2.24, 2.45) is 0 Å². The summed E-state index contributed by atoms with van der Waals surface area (Å²) in [5.74, 6) is 1.68. The van der Waals surface area contributed by atoms with E-state index in [4.69, 9.17) is 0 Å². The molecule has 1 aromatic heterocycles. The summed E-state index contributed by atoms with van der Waals surface area (Å²) in [7, 11) is 0. The number of carbonyl (C=O) groups excluding carboxylic acids is 1. The molecule has 7 heteroatoms. The van der Waals surface area contributed by atoms with E-state index < -0.39 is 0 Å². The number of carbonyl (C=O) groups is 1. The molecule has 0 unspecified atom stereocenters. The minimum atomic E-state index is 0.184. The van der Waals surface area contributed by atoms with Gasteiger partial charge in [-0.25, -0.2) is 4.98 Å². The minimum Gasteiger partial charge on any atom is -0.369 e. The molecule has 1 aliphatic heterocycles. The lowest BCUT2D eigenvalue weighted by Gasteiger charge is -2.11. The summed E-state index contributed by atoms with van der Waals surface area (Å²) in [4.78, 5) is 20.5. The zero-order valence-corrected chi connectivity index (χ0v) is 15.1. The first-order chi connectivity index (χ1) is 11.3. The lowest BCUT2D eigenvalue weighted by molar-refractivity contribution is -0.121. The fraction of sp³-hybridized carbons (Fsp3) is 0.688. The summed E-state index contributed by atoms with van der Waals surface area (Å²) in [5.41, 5.74) is 0. The van der Waals surface area contributed by atoms with Crippen molar-refractivity contribution in [1.29, 1.82) is 0 Å². The number of hydrogen-bond acceptors (Lipinski definition) is 5. The molecule has 0 spiro atoms. The van der Waals surface area contributed by atoms with Gasteiger partial charge in [0.05, 0.1) is 4.47 Å². The molecule has 2 heterocycles. The molecule has 0 aliphatic carbocycles. The molecule has 0 aromatic carbocycles. The molecule has 1 amide bonds. The highest BCUT2D eigenvalue weighted by atomic mass is 79.9. The zero-order valence-electron chi connectivity index (χ0n) is 13.5. The van der Waals surface area contributed by atoms with Gasteiger partial charge in [0.2, 0.25) is 11.9 Å². The summed E-state index contributed by atoms with van der Waals surface area (Å²) in [6.45, 7) is 2.51. The highest BCUT2D eigenvalue weighted by Crippen LogP contribution is 2.20. The van der Waals surface area contributed by atoms with Gasteiger partial charge in [-0.3, -0.25) is 4.79 Å². The topological polar surface area (TPSA) is 78.9 Å². The lowest BCUT2D eigenvalue weighted by Crippen LogP contribution is -2.24. The second-order valence-corrected chi connectivity index (χ2v) is 6.67. The molecular formula is C16H26BrN5O. The SMILES string of the molecule is O=C1CCCCCNc2nc(ncc2Br)NCCCCCCN1. The van der Waals surface area contributed by atoms with Gasteiger partial charge >= 0.3 is 0 Å². The number of rotatable bonds is 0. The molecule has 0 fully saturated rings. The van der Waals surface area contributed by atoms with Crippen molar-refractivity contribution in [2.75, 3.05) is 30.3 Å². The van der Waals surface area contributed by atoms with Gasteiger partial charge in [0.25, 0.3) is 0 Å². The molecule has 1 aliphatic rings. The molecule has 1 aromatic rings. The number of halogens is 1. The monoisotopic (exact) mass is 383 g/mol. The van der Waals surface area contributed by atoms with Gasteiger partial charge in [-0.2, -0.15) is 4.98 Å². The number of anilines is 2. The molecule has 0 atom stereocenters. The molecule has 128 valence electrons. The lowest BCUT2D eigenvalue weighted by atomic mass is 10.1. The standard InChI is InChI=1S/C16H26BrN5O/c17-13-12-21-16-20-11-6-2-1-5-9-18-14(23)8-4-3-7-10-19-15(13)22-16/h12H,1-11H2,(H,18,23)(H2,19,20,21,22). The van der Waals surface area contributed by atoms with E-state index in [0.717, 1.165) is 74.9 Å². The Morgan fingerprint density at radius 1 is 0.870 bits per heavy atom. The zero-order chi connectivity index (χ0) is 16.3. The number of fused-ring (bicyclic) bond motifs is 2. The predicted molar refractivity (Wildman–Crippen MR) is 96.7 cm³/mol. The Hall–Kier alpha value is -1.37. The van der Waals surface area contributed by atoms with Gasteiger partial charge in [-0.15, -0.1) is 0 Å². The van der Waals surface area contributed by atoms with Crippen molar-refractivity contribution in [2.45, 2.75) is 51.4 Å². The highest BCUT2D eigenvalue weighted by Gasteiger charge is 2.05. The van der Waals surface area contributed by atoms with Crippen molar-refractivity contribution in [3.8, 4) is 0 Å². The maximum Gasteiger partial charge on any atom is 0.224 e. The van der Waals surface area contributed by atoms with E-state index in [1.54, 1.807) is 6.20 Å². The first-order valence-electron chi connectivity index (χ1n) is 8.53. The minimum absolute atomic E-state index is 0.184. The molecule has 3 N–H and O–H groups in total. The fourth-order valence-corrected chi connectivity index (χ4v) is 2.82. The third kappa shape index (κ3) is 7.16. The molecule has 0 saturated heterocycles. The van der Waals surface area contributed by atoms with Crippen LogP contribution in [-0.2, 0) is 4.79 Å². The Morgan fingerprint density at radius 3 is 2.30 bits per heavy atom. The van der Waals surface area contributed by atoms with Crippen LogP contribution in [0.3, 0.4) is 0 Å². The summed E-state index contributed by atoms with van der Waals surface area (Å²) in [5, 5.41) is 9.60. The third-order valence-corrected chi connectivity index (χ3v) is 4.41. The molecule has 6 nitrogen and oxygen atoms in total. The van der Waals surface area contributed by atoms with E-state index in [9.17, 15) is 4.79 Å². The summed E-state index contributed by atoms with van der Waals surface area (Å²) in [6.07, 6.45) is 9.81. The molecule has 23 heavy (non-hydrogen) atoms. The number of amides is 1. The molecule has 0 saturated carbocycles. The van der Waals surface area contributed by atoms with E-state index in [1.165, 1.54) is 0 Å². The van der Waals surface area contributed by atoms with E-state index in [1.807, 2.05) is 0 Å².